The Morgan fingerprint density at radius 2 is 2.00 bits per heavy atom. The highest BCUT2D eigenvalue weighted by Crippen LogP contribution is 2.22. The monoisotopic (exact) mass is 208 g/mol. The summed E-state index contributed by atoms with van der Waals surface area (Å²) in [6, 6.07) is 7.64. The van der Waals surface area contributed by atoms with Crippen LogP contribution in [-0.4, -0.2) is 37.5 Å². The van der Waals surface area contributed by atoms with Gasteiger partial charge < -0.3 is 20.5 Å². The quantitative estimate of drug-likeness (QED) is 0.693. The predicted molar refractivity (Wildman–Crippen MR) is 59.9 cm³/mol. The van der Waals surface area contributed by atoms with Crippen LogP contribution in [0.15, 0.2) is 24.3 Å². The number of benzene rings is 1. The fourth-order valence-corrected chi connectivity index (χ4v) is 1.88. The number of ether oxygens (including phenoxy) is 1. The minimum Gasteiger partial charge on any atom is -0.399 e. The molecule has 0 saturated carbocycles. The van der Waals surface area contributed by atoms with Crippen LogP contribution >= 0.6 is 0 Å². The van der Waals surface area contributed by atoms with E-state index in [1.807, 2.05) is 24.3 Å². The van der Waals surface area contributed by atoms with E-state index in [1.54, 1.807) is 7.11 Å². The second-order valence-corrected chi connectivity index (χ2v) is 3.84. The normalized spacial score (nSPS) is 25.9. The lowest BCUT2D eigenvalue weighted by molar-refractivity contribution is 0.0217. The van der Waals surface area contributed by atoms with Crippen LogP contribution in [0.5, 0.6) is 0 Å². The molecular weight excluding hydrogens is 192 g/mol. The third-order valence-electron chi connectivity index (χ3n) is 2.80. The molecule has 4 heteroatoms. The number of hydrogen-bond acceptors (Lipinski definition) is 4. The van der Waals surface area contributed by atoms with Gasteiger partial charge in [0.25, 0.3) is 0 Å². The lowest BCUT2D eigenvalue weighted by Crippen LogP contribution is -2.25. The van der Waals surface area contributed by atoms with Crippen LogP contribution in [0.4, 0.5) is 11.4 Å². The minimum atomic E-state index is -0.410. The van der Waals surface area contributed by atoms with Crippen molar-refractivity contribution in [2.45, 2.75) is 12.2 Å². The summed E-state index contributed by atoms with van der Waals surface area (Å²) in [5.74, 6) is 0. The smallest absolute Gasteiger partial charge is 0.102 e. The van der Waals surface area contributed by atoms with Gasteiger partial charge >= 0.3 is 0 Å². The molecule has 2 rings (SSSR count). The number of rotatable bonds is 2. The first-order valence-corrected chi connectivity index (χ1v) is 5.02. The highest BCUT2D eigenvalue weighted by molar-refractivity contribution is 5.54. The summed E-state index contributed by atoms with van der Waals surface area (Å²) in [5.41, 5.74) is 7.44. The molecule has 2 atom stereocenters. The van der Waals surface area contributed by atoms with E-state index in [-0.39, 0.29) is 6.10 Å². The van der Waals surface area contributed by atoms with Gasteiger partial charge in [-0.15, -0.1) is 0 Å². The molecule has 82 valence electrons. The summed E-state index contributed by atoms with van der Waals surface area (Å²) in [4.78, 5) is 2.10. The summed E-state index contributed by atoms with van der Waals surface area (Å²) in [5, 5.41) is 9.68. The maximum atomic E-state index is 9.68. The Bertz CT molecular complexity index is 326. The molecule has 1 saturated heterocycles. The Morgan fingerprint density at radius 3 is 2.53 bits per heavy atom. The first-order chi connectivity index (χ1) is 7.20. The Labute approximate surface area is 89.3 Å². The van der Waals surface area contributed by atoms with Gasteiger partial charge in [0.15, 0.2) is 0 Å². The van der Waals surface area contributed by atoms with Gasteiger partial charge in [0.2, 0.25) is 0 Å². The maximum Gasteiger partial charge on any atom is 0.102 e. The zero-order chi connectivity index (χ0) is 10.8. The Kier molecular flexibility index (Phi) is 2.79. The Morgan fingerprint density at radius 1 is 1.33 bits per heavy atom. The molecule has 1 aliphatic rings. The average molecular weight is 208 g/mol. The van der Waals surface area contributed by atoms with Crippen LogP contribution in [0.2, 0.25) is 0 Å². The highest BCUT2D eigenvalue weighted by Gasteiger charge is 2.31. The van der Waals surface area contributed by atoms with Crippen LogP contribution in [0.1, 0.15) is 0 Å². The third-order valence-corrected chi connectivity index (χ3v) is 2.80. The number of nitrogens with zero attached hydrogens (tertiary/aromatic N) is 1. The van der Waals surface area contributed by atoms with Crippen molar-refractivity contribution in [1.29, 1.82) is 0 Å². The van der Waals surface area contributed by atoms with Crippen molar-refractivity contribution < 1.29 is 9.84 Å². The van der Waals surface area contributed by atoms with Crippen LogP contribution < -0.4 is 10.6 Å². The summed E-state index contributed by atoms with van der Waals surface area (Å²) >= 11 is 0. The van der Waals surface area contributed by atoms with Crippen molar-refractivity contribution in [3.63, 3.8) is 0 Å². The molecule has 15 heavy (non-hydrogen) atoms. The molecule has 1 fully saturated rings. The largest absolute Gasteiger partial charge is 0.399 e. The second-order valence-electron chi connectivity index (χ2n) is 3.84. The molecule has 0 amide bonds. The van der Waals surface area contributed by atoms with E-state index in [0.29, 0.717) is 6.54 Å². The van der Waals surface area contributed by atoms with E-state index < -0.39 is 6.10 Å². The number of aliphatic hydroxyl groups excluding tert-OH is 1. The van der Waals surface area contributed by atoms with Crippen molar-refractivity contribution in [3.05, 3.63) is 24.3 Å². The first kappa shape index (κ1) is 10.3. The first-order valence-electron chi connectivity index (χ1n) is 5.02. The molecule has 0 spiro atoms. The molecule has 2 unspecified atom stereocenters. The van der Waals surface area contributed by atoms with E-state index in [1.165, 1.54) is 0 Å². The van der Waals surface area contributed by atoms with E-state index in [2.05, 4.69) is 4.90 Å². The second kappa shape index (κ2) is 4.08. The predicted octanol–water partition coefficient (Wildman–Crippen LogP) is 0.465. The van der Waals surface area contributed by atoms with E-state index in [4.69, 9.17) is 10.5 Å². The summed E-state index contributed by atoms with van der Waals surface area (Å²) in [6.07, 6.45) is -0.505. The third kappa shape index (κ3) is 2.06. The molecule has 1 aromatic carbocycles. The topological polar surface area (TPSA) is 58.7 Å². The number of β-amino-alcohol motifs (C(OH)–C–C–N with tert-alkyl or cyclic N) is 1. The van der Waals surface area contributed by atoms with E-state index >= 15 is 0 Å². The van der Waals surface area contributed by atoms with Crippen LogP contribution in [0, 0.1) is 0 Å². The zero-order valence-electron chi connectivity index (χ0n) is 8.76. The maximum absolute atomic E-state index is 9.68. The van der Waals surface area contributed by atoms with Gasteiger partial charge in [0.05, 0.1) is 6.10 Å². The van der Waals surface area contributed by atoms with Gasteiger partial charge in [-0.2, -0.15) is 0 Å². The average Bonchev–Trinajstić information content (AvgIpc) is 2.61. The lowest BCUT2D eigenvalue weighted by Gasteiger charge is -2.17. The number of nitrogen functional groups attached to an aromatic ring is 1. The molecular formula is C11H16N2O2. The fourth-order valence-electron chi connectivity index (χ4n) is 1.88. The SMILES string of the molecule is COC1CN(c2ccc(N)cc2)CC1O. The molecule has 0 aromatic heterocycles. The molecule has 0 bridgehead atoms. The standard InChI is InChI=1S/C11H16N2O2/c1-15-11-7-13(6-10(11)14)9-4-2-8(12)3-5-9/h2-5,10-11,14H,6-7,12H2,1H3. The van der Waals surface area contributed by atoms with E-state index in [9.17, 15) is 5.11 Å². The van der Waals surface area contributed by atoms with E-state index in [0.717, 1.165) is 17.9 Å². The van der Waals surface area contributed by atoms with Gasteiger partial charge in [-0.05, 0) is 24.3 Å². The Hall–Kier alpha value is -1.26. The van der Waals surface area contributed by atoms with Crippen molar-refractivity contribution in [2.24, 2.45) is 0 Å². The summed E-state index contributed by atoms with van der Waals surface area (Å²) < 4.78 is 5.18. The number of methoxy groups -OCH3 is 1. The van der Waals surface area contributed by atoms with Gasteiger partial charge in [0.1, 0.15) is 6.10 Å². The number of nitrogens with two attached hydrogens (primary N) is 1. The number of aliphatic hydroxyl groups is 1. The molecule has 4 nitrogen and oxygen atoms in total. The van der Waals surface area contributed by atoms with Gasteiger partial charge in [-0.25, -0.2) is 0 Å². The summed E-state index contributed by atoms with van der Waals surface area (Å²) in [7, 11) is 1.63. The fraction of sp³-hybridized carbons (Fsp3) is 0.455. The van der Waals surface area contributed by atoms with Crippen molar-refractivity contribution >= 4 is 11.4 Å². The van der Waals surface area contributed by atoms with Gasteiger partial charge in [-0.3, -0.25) is 0 Å². The van der Waals surface area contributed by atoms with Crippen LogP contribution in [0.25, 0.3) is 0 Å². The highest BCUT2D eigenvalue weighted by atomic mass is 16.5. The van der Waals surface area contributed by atoms with Crippen LogP contribution in [-0.2, 0) is 4.74 Å². The minimum absolute atomic E-state index is 0.0949. The zero-order valence-corrected chi connectivity index (χ0v) is 8.76. The Balaban J connectivity index is 2.10. The van der Waals surface area contributed by atoms with Crippen molar-refractivity contribution in [3.8, 4) is 0 Å². The van der Waals surface area contributed by atoms with Crippen LogP contribution in [0.3, 0.4) is 0 Å². The number of anilines is 2. The molecule has 0 radical (unpaired) electrons. The lowest BCUT2D eigenvalue weighted by atomic mass is 10.2. The van der Waals surface area contributed by atoms with Gasteiger partial charge in [-0.1, -0.05) is 0 Å². The molecule has 0 aliphatic carbocycles. The molecule has 3 N–H and O–H groups in total. The molecule has 1 aliphatic heterocycles. The molecule has 1 aromatic rings. The molecule has 1 heterocycles. The van der Waals surface area contributed by atoms with Crippen molar-refractivity contribution in [2.75, 3.05) is 30.8 Å². The summed E-state index contributed by atoms with van der Waals surface area (Å²) in [6.45, 7) is 1.34. The van der Waals surface area contributed by atoms with Gasteiger partial charge in [0, 0.05) is 31.6 Å². The number of hydrogen-bond donors (Lipinski definition) is 2. The van der Waals surface area contributed by atoms with Crippen molar-refractivity contribution in [1.82, 2.24) is 0 Å².